The molecule has 0 bridgehead atoms. The number of aliphatic hydroxyl groups is 1. The number of rotatable bonds is 2. The summed E-state index contributed by atoms with van der Waals surface area (Å²) in [7, 11) is 0. The van der Waals surface area contributed by atoms with Crippen molar-refractivity contribution in [1.29, 1.82) is 0 Å². The second kappa shape index (κ2) is 4.02. The maximum Gasteiger partial charge on any atom is 0.574 e. The zero-order valence-electron chi connectivity index (χ0n) is 6.68. The molecule has 1 heterocycles. The highest BCUT2D eigenvalue weighted by Gasteiger charge is 2.33. The van der Waals surface area contributed by atoms with Crippen LogP contribution < -0.4 is 4.74 Å². The second-order valence-corrected chi connectivity index (χ2v) is 2.69. The Kier molecular flexibility index (Phi) is 3.17. The van der Waals surface area contributed by atoms with Crippen LogP contribution in [0.3, 0.4) is 0 Å². The number of pyridine rings is 1. The van der Waals surface area contributed by atoms with Crippen LogP contribution in [0, 0.1) is 0 Å². The molecule has 0 saturated carbocycles. The van der Waals surface area contributed by atoms with Crippen LogP contribution in [-0.4, -0.2) is 16.5 Å². The molecule has 0 unspecified atom stereocenters. The molecule has 0 aromatic carbocycles. The first-order valence-electron chi connectivity index (χ1n) is 3.44. The topological polar surface area (TPSA) is 42.4 Å². The molecule has 0 aliphatic carbocycles. The van der Waals surface area contributed by atoms with Crippen molar-refractivity contribution in [2.45, 2.75) is 13.0 Å². The minimum absolute atomic E-state index is 0.0262. The Bertz CT molecular complexity index is 329. The van der Waals surface area contributed by atoms with Gasteiger partial charge in [-0.05, 0) is 6.07 Å². The summed E-state index contributed by atoms with van der Waals surface area (Å²) in [5.74, 6) is -0.729. The van der Waals surface area contributed by atoms with Crippen molar-refractivity contribution in [2.24, 2.45) is 0 Å². The molecule has 1 N–H and O–H groups in total. The van der Waals surface area contributed by atoms with Crippen molar-refractivity contribution >= 4 is 11.6 Å². The summed E-state index contributed by atoms with van der Waals surface area (Å²) in [5, 5.41) is 8.70. The maximum absolute atomic E-state index is 11.8. The van der Waals surface area contributed by atoms with E-state index in [2.05, 4.69) is 9.72 Å². The third-order valence-corrected chi connectivity index (χ3v) is 1.68. The molecule has 1 rings (SSSR count). The van der Waals surface area contributed by atoms with Crippen LogP contribution >= 0.6 is 11.6 Å². The van der Waals surface area contributed by atoms with E-state index in [1.165, 1.54) is 6.07 Å². The van der Waals surface area contributed by atoms with Crippen LogP contribution in [0.25, 0.3) is 0 Å². The van der Waals surface area contributed by atoms with Gasteiger partial charge in [-0.1, -0.05) is 11.6 Å². The van der Waals surface area contributed by atoms with E-state index in [0.29, 0.717) is 0 Å². The maximum atomic E-state index is 11.8. The molecular formula is C7H5ClF3NO2. The van der Waals surface area contributed by atoms with Crippen LogP contribution in [0.15, 0.2) is 12.3 Å². The lowest BCUT2D eigenvalue weighted by Gasteiger charge is -2.11. The van der Waals surface area contributed by atoms with Crippen LogP contribution in [-0.2, 0) is 6.61 Å². The van der Waals surface area contributed by atoms with Gasteiger partial charge in [-0.25, -0.2) is 4.98 Å². The van der Waals surface area contributed by atoms with Crippen molar-refractivity contribution in [3.05, 3.63) is 22.8 Å². The summed E-state index contributed by atoms with van der Waals surface area (Å²) < 4.78 is 39.0. The summed E-state index contributed by atoms with van der Waals surface area (Å²) in [6.45, 7) is -0.669. The molecule has 0 aliphatic heterocycles. The van der Waals surface area contributed by atoms with Gasteiger partial charge < -0.3 is 9.84 Å². The zero-order chi connectivity index (χ0) is 10.8. The fourth-order valence-corrected chi connectivity index (χ4v) is 0.989. The predicted octanol–water partition coefficient (Wildman–Crippen LogP) is 2.13. The Morgan fingerprint density at radius 2 is 2.14 bits per heavy atom. The molecule has 1 aromatic rings. The van der Waals surface area contributed by atoms with Gasteiger partial charge in [0.1, 0.15) is 0 Å². The van der Waals surface area contributed by atoms with Crippen LogP contribution in [0.5, 0.6) is 5.88 Å². The molecule has 0 radical (unpaired) electrons. The molecule has 0 atom stereocenters. The number of hydrogen-bond donors (Lipinski definition) is 1. The van der Waals surface area contributed by atoms with E-state index in [-0.39, 0.29) is 10.6 Å². The van der Waals surface area contributed by atoms with Gasteiger partial charge in [0.05, 0.1) is 17.2 Å². The lowest BCUT2D eigenvalue weighted by atomic mass is 10.3. The third kappa shape index (κ3) is 2.74. The van der Waals surface area contributed by atoms with Gasteiger partial charge in [-0.3, -0.25) is 0 Å². The zero-order valence-corrected chi connectivity index (χ0v) is 7.43. The van der Waals surface area contributed by atoms with Gasteiger partial charge in [0.25, 0.3) is 0 Å². The summed E-state index contributed by atoms with van der Waals surface area (Å²) in [5.41, 5.74) is -0.188. The van der Waals surface area contributed by atoms with E-state index in [0.717, 1.165) is 6.20 Å². The monoisotopic (exact) mass is 227 g/mol. The minimum Gasteiger partial charge on any atom is -0.391 e. The number of aliphatic hydroxyl groups excluding tert-OH is 1. The first-order chi connectivity index (χ1) is 6.44. The SMILES string of the molecule is OCc1c(Cl)ccnc1OC(F)(F)F. The predicted molar refractivity (Wildman–Crippen MR) is 41.9 cm³/mol. The highest BCUT2D eigenvalue weighted by Crippen LogP contribution is 2.28. The molecular weight excluding hydrogens is 223 g/mol. The van der Waals surface area contributed by atoms with Gasteiger partial charge in [0.15, 0.2) is 0 Å². The fraction of sp³-hybridized carbons (Fsp3) is 0.286. The van der Waals surface area contributed by atoms with Gasteiger partial charge in [0.2, 0.25) is 5.88 Å². The largest absolute Gasteiger partial charge is 0.574 e. The Labute approximate surface area is 82.1 Å². The third-order valence-electron chi connectivity index (χ3n) is 1.33. The van der Waals surface area contributed by atoms with E-state index in [1.807, 2.05) is 0 Å². The van der Waals surface area contributed by atoms with Crippen molar-refractivity contribution in [1.82, 2.24) is 4.98 Å². The highest BCUT2D eigenvalue weighted by molar-refractivity contribution is 6.31. The first-order valence-corrected chi connectivity index (χ1v) is 3.82. The molecule has 0 amide bonds. The highest BCUT2D eigenvalue weighted by atomic mass is 35.5. The van der Waals surface area contributed by atoms with Gasteiger partial charge in [0, 0.05) is 6.20 Å². The summed E-state index contributed by atoms with van der Waals surface area (Å²) in [6, 6.07) is 1.26. The molecule has 3 nitrogen and oxygen atoms in total. The molecule has 0 fully saturated rings. The first kappa shape index (κ1) is 11.1. The standard InChI is InChI=1S/C7H5ClF3NO2/c8-5-1-2-12-6(4(5)3-13)14-7(9,10)11/h1-2,13H,3H2. The van der Waals surface area contributed by atoms with E-state index < -0.39 is 18.8 Å². The van der Waals surface area contributed by atoms with E-state index in [4.69, 9.17) is 16.7 Å². The number of nitrogens with zero attached hydrogens (tertiary/aromatic N) is 1. The smallest absolute Gasteiger partial charge is 0.391 e. The lowest BCUT2D eigenvalue weighted by molar-refractivity contribution is -0.276. The second-order valence-electron chi connectivity index (χ2n) is 2.28. The molecule has 0 spiro atoms. The lowest BCUT2D eigenvalue weighted by Crippen LogP contribution is -2.19. The van der Waals surface area contributed by atoms with Crippen molar-refractivity contribution < 1.29 is 23.0 Å². The summed E-state index contributed by atoms with van der Waals surface area (Å²) in [6.07, 6.45) is -3.79. The number of aromatic nitrogens is 1. The quantitative estimate of drug-likeness (QED) is 0.842. The van der Waals surface area contributed by atoms with Crippen LogP contribution in [0.1, 0.15) is 5.56 Å². The average Bonchev–Trinajstić information content (AvgIpc) is 2.01. The molecule has 78 valence electrons. The normalized spacial score (nSPS) is 11.5. The van der Waals surface area contributed by atoms with Crippen LogP contribution in [0.2, 0.25) is 5.02 Å². The fourth-order valence-electron chi connectivity index (χ4n) is 0.792. The van der Waals surface area contributed by atoms with Crippen LogP contribution in [0.4, 0.5) is 13.2 Å². The van der Waals surface area contributed by atoms with E-state index >= 15 is 0 Å². The number of ether oxygens (including phenoxy) is 1. The van der Waals surface area contributed by atoms with E-state index in [1.54, 1.807) is 0 Å². The molecule has 0 aliphatic rings. The van der Waals surface area contributed by atoms with Gasteiger partial charge in [-0.15, -0.1) is 13.2 Å². The Hall–Kier alpha value is -1.01. The number of hydrogen-bond acceptors (Lipinski definition) is 3. The van der Waals surface area contributed by atoms with Gasteiger partial charge in [-0.2, -0.15) is 0 Å². The summed E-state index contributed by atoms with van der Waals surface area (Å²) in [4.78, 5) is 3.31. The Morgan fingerprint density at radius 3 is 2.64 bits per heavy atom. The number of alkyl halides is 3. The Balaban J connectivity index is 3.02. The van der Waals surface area contributed by atoms with Crippen molar-refractivity contribution in [2.75, 3.05) is 0 Å². The summed E-state index contributed by atoms with van der Waals surface area (Å²) >= 11 is 5.51. The Morgan fingerprint density at radius 1 is 1.50 bits per heavy atom. The average molecular weight is 228 g/mol. The van der Waals surface area contributed by atoms with Gasteiger partial charge >= 0.3 is 6.36 Å². The van der Waals surface area contributed by atoms with Crippen molar-refractivity contribution in [3.8, 4) is 5.88 Å². The molecule has 1 aromatic heterocycles. The molecule has 7 heteroatoms. The minimum atomic E-state index is -4.85. The molecule has 14 heavy (non-hydrogen) atoms. The van der Waals surface area contributed by atoms with E-state index in [9.17, 15) is 13.2 Å². The molecule has 0 saturated heterocycles. The van der Waals surface area contributed by atoms with Crippen molar-refractivity contribution in [3.63, 3.8) is 0 Å². The number of halogens is 4.